The van der Waals surface area contributed by atoms with E-state index in [0.717, 1.165) is 12.8 Å². The summed E-state index contributed by atoms with van der Waals surface area (Å²) in [6.07, 6.45) is 3.95. The fourth-order valence-electron chi connectivity index (χ4n) is 4.43. The number of amides is 3. The summed E-state index contributed by atoms with van der Waals surface area (Å²) in [5.74, 6) is -0.0829. The molecule has 3 fully saturated rings. The maximum absolute atomic E-state index is 12.9. The van der Waals surface area contributed by atoms with Crippen LogP contribution in [0.4, 0.5) is 0 Å². The summed E-state index contributed by atoms with van der Waals surface area (Å²) >= 11 is 5.90. The first kappa shape index (κ1) is 15.6. The first-order chi connectivity index (χ1) is 11.5. The molecule has 3 heterocycles. The van der Waals surface area contributed by atoms with Gasteiger partial charge in [0.25, 0.3) is 5.91 Å². The molecule has 6 heteroatoms. The van der Waals surface area contributed by atoms with Crippen LogP contribution in [0.2, 0.25) is 5.02 Å². The number of benzene rings is 1. The molecule has 24 heavy (non-hydrogen) atoms. The third kappa shape index (κ3) is 2.51. The van der Waals surface area contributed by atoms with E-state index in [-0.39, 0.29) is 35.8 Å². The zero-order valence-corrected chi connectivity index (χ0v) is 14.0. The van der Waals surface area contributed by atoms with Gasteiger partial charge in [0.15, 0.2) is 0 Å². The Bertz CT molecular complexity index is 673. The summed E-state index contributed by atoms with van der Waals surface area (Å²) in [6.45, 7) is 0. The zero-order chi connectivity index (χ0) is 16.8. The van der Waals surface area contributed by atoms with Gasteiger partial charge >= 0.3 is 0 Å². The average Bonchev–Trinajstić information content (AvgIpc) is 3.03. The lowest BCUT2D eigenvalue weighted by molar-refractivity contribution is -0.142. The monoisotopic (exact) mass is 346 g/mol. The lowest BCUT2D eigenvalue weighted by Crippen LogP contribution is -2.53. The van der Waals surface area contributed by atoms with E-state index in [0.29, 0.717) is 36.3 Å². The number of piperidine rings is 1. The molecule has 3 aliphatic rings. The minimum Gasteiger partial charge on any atom is -0.333 e. The molecule has 0 aromatic heterocycles. The van der Waals surface area contributed by atoms with Gasteiger partial charge in [-0.1, -0.05) is 11.6 Å². The maximum atomic E-state index is 12.9. The molecule has 1 aromatic carbocycles. The number of carbonyl (C=O) groups is 3. The average molecular weight is 347 g/mol. The Labute approximate surface area is 145 Å². The van der Waals surface area contributed by atoms with E-state index in [2.05, 4.69) is 0 Å². The van der Waals surface area contributed by atoms with Crippen molar-refractivity contribution >= 4 is 29.3 Å². The number of carbonyl (C=O) groups excluding carboxylic acids is 3. The Morgan fingerprint density at radius 2 is 1.46 bits per heavy atom. The van der Waals surface area contributed by atoms with Crippen molar-refractivity contribution < 1.29 is 14.4 Å². The molecule has 3 aliphatic heterocycles. The van der Waals surface area contributed by atoms with Gasteiger partial charge in [0, 0.05) is 41.6 Å². The van der Waals surface area contributed by atoms with Crippen LogP contribution in [0.5, 0.6) is 0 Å². The fourth-order valence-corrected chi connectivity index (χ4v) is 4.56. The van der Waals surface area contributed by atoms with Crippen molar-refractivity contribution in [2.75, 3.05) is 0 Å². The molecule has 0 N–H and O–H groups in total. The molecule has 5 nitrogen and oxygen atoms in total. The molecule has 4 rings (SSSR count). The fraction of sp³-hybridized carbons (Fsp3) is 0.500. The van der Waals surface area contributed by atoms with Gasteiger partial charge in [-0.05, 0) is 49.9 Å². The quantitative estimate of drug-likeness (QED) is 0.773. The van der Waals surface area contributed by atoms with Crippen LogP contribution in [-0.2, 0) is 9.59 Å². The maximum Gasteiger partial charge on any atom is 0.254 e. The van der Waals surface area contributed by atoms with Crippen LogP contribution in [0.1, 0.15) is 48.9 Å². The van der Waals surface area contributed by atoms with Gasteiger partial charge in [-0.2, -0.15) is 0 Å². The molecule has 1 aromatic rings. The summed E-state index contributed by atoms with van der Waals surface area (Å²) < 4.78 is 0. The normalized spacial score (nSPS) is 29.5. The van der Waals surface area contributed by atoms with E-state index in [1.165, 1.54) is 4.90 Å². The molecule has 3 saturated heterocycles. The molecule has 0 aliphatic carbocycles. The Morgan fingerprint density at radius 1 is 0.917 bits per heavy atom. The SMILES string of the molecule is O=C1CCC(=O)N1C1CC2CCC(C1)N2C(=O)c1ccc(Cl)cc1. The number of imide groups is 1. The van der Waals surface area contributed by atoms with Gasteiger partial charge in [-0.3, -0.25) is 19.3 Å². The zero-order valence-electron chi connectivity index (χ0n) is 13.3. The number of fused-ring (bicyclic) bond motifs is 2. The number of hydrogen-bond acceptors (Lipinski definition) is 3. The lowest BCUT2D eigenvalue weighted by atomic mass is 9.95. The van der Waals surface area contributed by atoms with E-state index in [9.17, 15) is 14.4 Å². The molecule has 0 saturated carbocycles. The minimum absolute atomic E-state index is 0.0247. The van der Waals surface area contributed by atoms with Crippen LogP contribution in [0.15, 0.2) is 24.3 Å². The molecule has 2 bridgehead atoms. The third-order valence-corrected chi connectivity index (χ3v) is 5.74. The molecule has 2 atom stereocenters. The summed E-state index contributed by atoms with van der Waals surface area (Å²) in [5.41, 5.74) is 0.642. The van der Waals surface area contributed by atoms with Crippen LogP contribution < -0.4 is 0 Å². The molecule has 2 unspecified atom stereocenters. The van der Waals surface area contributed by atoms with Crippen molar-refractivity contribution in [1.29, 1.82) is 0 Å². The van der Waals surface area contributed by atoms with Crippen molar-refractivity contribution in [3.63, 3.8) is 0 Å². The van der Waals surface area contributed by atoms with E-state index >= 15 is 0 Å². The number of hydrogen-bond donors (Lipinski definition) is 0. The summed E-state index contributed by atoms with van der Waals surface area (Å²) in [4.78, 5) is 40.3. The van der Waals surface area contributed by atoms with E-state index < -0.39 is 0 Å². The highest BCUT2D eigenvalue weighted by Gasteiger charge is 2.47. The second-order valence-corrected chi connectivity index (χ2v) is 7.32. The summed E-state index contributed by atoms with van der Waals surface area (Å²) in [5, 5.41) is 0.610. The Morgan fingerprint density at radius 3 is 2.00 bits per heavy atom. The van der Waals surface area contributed by atoms with E-state index in [1.54, 1.807) is 24.3 Å². The first-order valence-corrected chi connectivity index (χ1v) is 8.85. The highest BCUT2D eigenvalue weighted by molar-refractivity contribution is 6.30. The smallest absolute Gasteiger partial charge is 0.254 e. The number of halogens is 1. The van der Waals surface area contributed by atoms with Gasteiger partial charge in [-0.15, -0.1) is 0 Å². The van der Waals surface area contributed by atoms with Crippen molar-refractivity contribution in [3.8, 4) is 0 Å². The minimum atomic E-state index is -0.0538. The van der Waals surface area contributed by atoms with Gasteiger partial charge in [0.1, 0.15) is 0 Å². The second kappa shape index (κ2) is 5.88. The Balaban J connectivity index is 1.53. The molecular weight excluding hydrogens is 328 g/mol. The van der Waals surface area contributed by atoms with Gasteiger partial charge in [0.2, 0.25) is 11.8 Å². The summed E-state index contributed by atoms with van der Waals surface area (Å²) in [7, 11) is 0. The van der Waals surface area contributed by atoms with Crippen LogP contribution >= 0.6 is 11.6 Å². The topological polar surface area (TPSA) is 57.7 Å². The van der Waals surface area contributed by atoms with Gasteiger partial charge in [0.05, 0.1) is 0 Å². The van der Waals surface area contributed by atoms with E-state index in [1.807, 2.05) is 4.90 Å². The Hall–Kier alpha value is -1.88. The van der Waals surface area contributed by atoms with Crippen molar-refractivity contribution in [3.05, 3.63) is 34.9 Å². The largest absolute Gasteiger partial charge is 0.333 e. The standard InChI is InChI=1S/C18H19ClN2O3/c19-12-3-1-11(2-4-12)18(24)20-13-5-6-14(20)10-15(9-13)21-16(22)7-8-17(21)23/h1-4,13-15H,5-10H2. The van der Waals surface area contributed by atoms with E-state index in [4.69, 9.17) is 11.6 Å². The predicted molar refractivity (Wildman–Crippen MR) is 88.5 cm³/mol. The molecule has 3 amide bonds. The number of rotatable bonds is 2. The molecule has 0 spiro atoms. The molecule has 126 valence electrons. The van der Waals surface area contributed by atoms with Crippen molar-refractivity contribution in [2.24, 2.45) is 0 Å². The molecule has 0 radical (unpaired) electrons. The van der Waals surface area contributed by atoms with Crippen LogP contribution in [0, 0.1) is 0 Å². The van der Waals surface area contributed by atoms with Crippen molar-refractivity contribution in [1.82, 2.24) is 9.80 Å². The van der Waals surface area contributed by atoms with Crippen molar-refractivity contribution in [2.45, 2.75) is 56.7 Å². The third-order valence-electron chi connectivity index (χ3n) is 5.49. The second-order valence-electron chi connectivity index (χ2n) is 6.89. The van der Waals surface area contributed by atoms with Gasteiger partial charge in [-0.25, -0.2) is 0 Å². The Kier molecular flexibility index (Phi) is 3.83. The highest BCUT2D eigenvalue weighted by atomic mass is 35.5. The van der Waals surface area contributed by atoms with Crippen LogP contribution in [-0.4, -0.2) is 45.6 Å². The lowest BCUT2D eigenvalue weighted by Gasteiger charge is -2.41. The van der Waals surface area contributed by atoms with Gasteiger partial charge < -0.3 is 4.90 Å². The predicted octanol–water partition coefficient (Wildman–Crippen LogP) is 2.62. The number of nitrogens with zero attached hydrogens (tertiary/aromatic N) is 2. The van der Waals surface area contributed by atoms with Crippen LogP contribution in [0.25, 0.3) is 0 Å². The summed E-state index contributed by atoms with van der Waals surface area (Å²) in [6, 6.07) is 7.14. The first-order valence-electron chi connectivity index (χ1n) is 8.47. The van der Waals surface area contributed by atoms with Crippen LogP contribution in [0.3, 0.4) is 0 Å². The highest BCUT2D eigenvalue weighted by Crippen LogP contribution is 2.39. The molecular formula is C18H19ClN2O3. The number of likely N-dealkylation sites (tertiary alicyclic amines) is 1.